The van der Waals surface area contributed by atoms with Crippen LogP contribution in [0.2, 0.25) is 0 Å². The van der Waals surface area contributed by atoms with Gasteiger partial charge in [-0.25, -0.2) is 8.42 Å². The van der Waals surface area contributed by atoms with Crippen molar-refractivity contribution in [3.63, 3.8) is 0 Å². The van der Waals surface area contributed by atoms with Crippen LogP contribution in [-0.2, 0) is 19.6 Å². The Hall–Kier alpha value is -2.60. The first-order chi connectivity index (χ1) is 15.6. The third-order valence-corrected chi connectivity index (χ3v) is 6.72. The van der Waals surface area contributed by atoms with E-state index in [9.17, 15) is 33.6 Å². The first kappa shape index (κ1) is 25.0. The largest absolute Gasteiger partial charge is 0.394 e. The highest BCUT2D eigenvalue weighted by Gasteiger charge is 2.43. The summed E-state index contributed by atoms with van der Waals surface area (Å²) < 4.78 is 33.0. The average molecular weight is 478 g/mol. The minimum Gasteiger partial charge on any atom is -0.394 e. The van der Waals surface area contributed by atoms with E-state index >= 15 is 0 Å². The Balaban J connectivity index is 1.65. The van der Waals surface area contributed by atoms with Gasteiger partial charge in [-0.3, -0.25) is 9.52 Å². The van der Waals surface area contributed by atoms with E-state index in [0.717, 1.165) is 5.56 Å². The highest BCUT2D eigenvalue weighted by Crippen LogP contribution is 2.24. The molecule has 3 rings (SSSR count). The van der Waals surface area contributed by atoms with Gasteiger partial charge in [-0.1, -0.05) is 35.9 Å². The van der Waals surface area contributed by atoms with Crippen LogP contribution in [0.3, 0.4) is 0 Å². The zero-order valence-electron chi connectivity index (χ0n) is 17.9. The van der Waals surface area contributed by atoms with Gasteiger partial charge in [0.1, 0.15) is 24.4 Å². The molecule has 178 valence electrons. The quantitative estimate of drug-likeness (QED) is 0.347. The number of allylic oxidation sites excluding steroid dienone is 1. The Bertz CT molecular complexity index is 1100. The van der Waals surface area contributed by atoms with Crippen LogP contribution in [-0.4, -0.2) is 71.8 Å². The molecule has 0 unspecified atom stereocenters. The van der Waals surface area contributed by atoms with E-state index in [0.29, 0.717) is 11.3 Å². The van der Waals surface area contributed by atoms with Crippen LogP contribution in [0, 0.1) is 6.92 Å². The van der Waals surface area contributed by atoms with Gasteiger partial charge in [0.25, 0.3) is 10.0 Å². The fourth-order valence-corrected chi connectivity index (χ4v) is 4.49. The van der Waals surface area contributed by atoms with E-state index in [1.165, 1.54) is 24.3 Å². The second-order valence-electron chi connectivity index (χ2n) is 7.92. The van der Waals surface area contributed by atoms with Crippen molar-refractivity contribution < 1.29 is 38.4 Å². The predicted octanol–water partition coefficient (Wildman–Crippen LogP) is 0.611. The van der Waals surface area contributed by atoms with Crippen molar-refractivity contribution in [3.05, 3.63) is 65.7 Å². The van der Waals surface area contributed by atoms with Crippen molar-refractivity contribution in [1.82, 2.24) is 0 Å². The summed E-state index contributed by atoms with van der Waals surface area (Å²) in [5.41, 5.74) is 1.81. The Morgan fingerprint density at radius 3 is 2.36 bits per heavy atom. The van der Waals surface area contributed by atoms with Crippen molar-refractivity contribution in [2.45, 2.75) is 48.8 Å². The molecular formula is C23H27NO8S. The van der Waals surface area contributed by atoms with E-state index in [2.05, 4.69) is 4.72 Å². The zero-order valence-corrected chi connectivity index (χ0v) is 18.7. The summed E-state index contributed by atoms with van der Waals surface area (Å²) in [6.07, 6.45) is -4.24. The molecule has 0 aliphatic carbocycles. The number of hydrogen-bond acceptors (Lipinski definition) is 8. The van der Waals surface area contributed by atoms with E-state index in [1.807, 2.05) is 6.92 Å². The van der Waals surface area contributed by atoms with Crippen LogP contribution >= 0.6 is 0 Å². The Kier molecular flexibility index (Phi) is 8.01. The lowest BCUT2D eigenvalue weighted by molar-refractivity contribution is -0.229. The van der Waals surface area contributed by atoms with Crippen molar-refractivity contribution in [2.75, 3.05) is 11.3 Å². The summed E-state index contributed by atoms with van der Waals surface area (Å²) in [5.74, 6) is -0.426. The number of hydrogen-bond donors (Lipinski definition) is 5. The molecule has 2 aromatic rings. The lowest BCUT2D eigenvalue weighted by Gasteiger charge is -2.39. The molecule has 10 heteroatoms. The summed E-state index contributed by atoms with van der Waals surface area (Å²) in [6, 6.07) is 12.9. The van der Waals surface area contributed by atoms with Gasteiger partial charge in [-0.15, -0.1) is 0 Å². The molecule has 1 aliphatic rings. The summed E-state index contributed by atoms with van der Waals surface area (Å²) in [5, 5.41) is 38.9. The van der Waals surface area contributed by atoms with E-state index < -0.39 is 52.9 Å². The summed E-state index contributed by atoms with van der Waals surface area (Å²) in [4.78, 5) is 12.5. The Morgan fingerprint density at radius 1 is 1.03 bits per heavy atom. The molecule has 0 spiro atoms. The minimum absolute atomic E-state index is 0.128. The molecule has 33 heavy (non-hydrogen) atoms. The van der Waals surface area contributed by atoms with Gasteiger partial charge in [0.2, 0.25) is 0 Å². The zero-order chi connectivity index (χ0) is 24.2. The lowest BCUT2D eigenvalue weighted by atomic mass is 9.92. The van der Waals surface area contributed by atoms with E-state index in [1.54, 1.807) is 36.4 Å². The average Bonchev–Trinajstić information content (AvgIpc) is 2.78. The standard InChI is InChI=1S/C23H27NO8S/c1-14-5-9-18(10-6-14)33(30,31)24-16-4-2-3-15(11-16)7-8-17(26)12-19-21(27)23(29)22(28)20(13-25)32-19/h2-11,19-25,27-29H,12-13H2,1H3/b8-7+/t19-,20+,21-,22+,23+/m0/s1. The third kappa shape index (κ3) is 6.26. The van der Waals surface area contributed by atoms with Crippen LogP contribution in [0.25, 0.3) is 6.08 Å². The molecule has 1 aliphatic heterocycles. The number of carbonyl (C=O) groups is 1. The second kappa shape index (κ2) is 10.6. The number of sulfonamides is 1. The first-order valence-corrected chi connectivity index (χ1v) is 11.8. The number of benzene rings is 2. The number of carbonyl (C=O) groups excluding carboxylic acids is 1. The maximum Gasteiger partial charge on any atom is 0.261 e. The smallest absolute Gasteiger partial charge is 0.261 e. The van der Waals surface area contributed by atoms with E-state index in [-0.39, 0.29) is 11.3 Å². The number of nitrogens with one attached hydrogen (secondary N) is 1. The molecule has 1 fully saturated rings. The maximum atomic E-state index is 12.6. The Labute approximate surface area is 192 Å². The van der Waals surface area contributed by atoms with Crippen LogP contribution < -0.4 is 4.72 Å². The summed E-state index contributed by atoms with van der Waals surface area (Å²) in [6.45, 7) is 1.29. The molecule has 0 bridgehead atoms. The SMILES string of the molecule is Cc1ccc(S(=O)(=O)Nc2cccc(/C=C/C(=O)C[C@@H]3O[C@H](CO)[C@@H](O)[C@H](O)[C@H]3O)c2)cc1. The number of rotatable bonds is 8. The molecule has 0 amide bonds. The van der Waals surface area contributed by atoms with Gasteiger partial charge in [0, 0.05) is 12.1 Å². The van der Waals surface area contributed by atoms with Gasteiger partial charge < -0.3 is 25.2 Å². The topological polar surface area (TPSA) is 153 Å². The molecule has 1 heterocycles. The first-order valence-electron chi connectivity index (χ1n) is 10.3. The number of aliphatic hydroxyl groups excluding tert-OH is 4. The highest BCUT2D eigenvalue weighted by molar-refractivity contribution is 7.92. The van der Waals surface area contributed by atoms with Gasteiger partial charge in [0.15, 0.2) is 5.78 Å². The van der Waals surface area contributed by atoms with E-state index in [4.69, 9.17) is 4.74 Å². The lowest BCUT2D eigenvalue weighted by Crippen LogP contribution is -2.58. The summed E-state index contributed by atoms with van der Waals surface area (Å²) in [7, 11) is -3.77. The van der Waals surface area contributed by atoms with Crippen molar-refractivity contribution in [2.24, 2.45) is 0 Å². The number of aliphatic hydroxyl groups is 4. The predicted molar refractivity (Wildman–Crippen MR) is 121 cm³/mol. The minimum atomic E-state index is -3.77. The monoisotopic (exact) mass is 477 g/mol. The molecule has 0 aromatic heterocycles. The van der Waals surface area contributed by atoms with Gasteiger partial charge in [-0.05, 0) is 42.8 Å². The highest BCUT2D eigenvalue weighted by atomic mass is 32.2. The molecule has 2 aromatic carbocycles. The van der Waals surface area contributed by atoms with Gasteiger partial charge >= 0.3 is 0 Å². The summed E-state index contributed by atoms with van der Waals surface area (Å²) >= 11 is 0. The fourth-order valence-electron chi connectivity index (χ4n) is 3.44. The normalized spacial score (nSPS) is 25.8. The van der Waals surface area contributed by atoms with Crippen LogP contribution in [0.4, 0.5) is 5.69 Å². The Morgan fingerprint density at radius 2 is 1.70 bits per heavy atom. The van der Waals surface area contributed by atoms with Crippen molar-refractivity contribution >= 4 is 27.6 Å². The number of ketones is 1. The van der Waals surface area contributed by atoms with Crippen molar-refractivity contribution in [1.29, 1.82) is 0 Å². The van der Waals surface area contributed by atoms with Crippen LogP contribution in [0.1, 0.15) is 17.5 Å². The maximum absolute atomic E-state index is 12.6. The molecule has 5 atom stereocenters. The molecule has 1 saturated heterocycles. The molecule has 5 N–H and O–H groups in total. The molecule has 0 radical (unpaired) electrons. The molecule has 9 nitrogen and oxygen atoms in total. The molecular weight excluding hydrogens is 450 g/mol. The van der Waals surface area contributed by atoms with Crippen LogP contribution in [0.15, 0.2) is 59.5 Å². The van der Waals surface area contributed by atoms with Gasteiger partial charge in [-0.2, -0.15) is 0 Å². The third-order valence-electron chi connectivity index (χ3n) is 5.33. The van der Waals surface area contributed by atoms with Gasteiger partial charge in [0.05, 0.1) is 17.6 Å². The number of ether oxygens (including phenoxy) is 1. The fraction of sp³-hybridized carbons (Fsp3) is 0.348. The number of anilines is 1. The second-order valence-corrected chi connectivity index (χ2v) is 9.60. The number of aryl methyl sites for hydroxylation is 1. The van der Waals surface area contributed by atoms with Crippen LogP contribution in [0.5, 0.6) is 0 Å². The van der Waals surface area contributed by atoms with Crippen molar-refractivity contribution in [3.8, 4) is 0 Å². The molecule has 0 saturated carbocycles.